The summed E-state index contributed by atoms with van der Waals surface area (Å²) in [4.78, 5) is 11.0. The van der Waals surface area contributed by atoms with Crippen molar-refractivity contribution in [1.82, 2.24) is 15.3 Å². The molecule has 0 aliphatic rings. The second-order valence-corrected chi connectivity index (χ2v) is 4.54. The maximum absolute atomic E-state index is 4.44. The molecule has 0 saturated carbocycles. The predicted octanol–water partition coefficient (Wildman–Crippen LogP) is 2.07. The lowest BCUT2D eigenvalue weighted by Crippen LogP contribution is -2.24. The fourth-order valence-electron chi connectivity index (χ4n) is 1.58. The lowest BCUT2D eigenvalue weighted by molar-refractivity contribution is 0.557. The van der Waals surface area contributed by atoms with Crippen LogP contribution in [0.2, 0.25) is 0 Å². The number of hydrogen-bond acceptors (Lipinski definition) is 4. The Morgan fingerprint density at radius 2 is 2.06 bits per heavy atom. The highest BCUT2D eigenvalue weighted by atomic mass is 15.2. The van der Waals surface area contributed by atoms with Gasteiger partial charge in [0, 0.05) is 20.1 Å². The molecule has 4 nitrogen and oxygen atoms in total. The van der Waals surface area contributed by atoms with Crippen LogP contribution in [0.15, 0.2) is 12.4 Å². The highest BCUT2D eigenvalue weighted by Gasteiger charge is 2.07. The Morgan fingerprint density at radius 1 is 1.29 bits per heavy atom. The molecule has 1 aromatic rings. The highest BCUT2D eigenvalue weighted by Crippen LogP contribution is 2.10. The summed E-state index contributed by atoms with van der Waals surface area (Å²) in [5.74, 6) is 1.63. The molecule has 1 aromatic heterocycles. The van der Waals surface area contributed by atoms with E-state index in [1.807, 2.05) is 12.4 Å². The van der Waals surface area contributed by atoms with Gasteiger partial charge in [0.05, 0.1) is 18.1 Å². The van der Waals surface area contributed by atoms with Gasteiger partial charge in [-0.3, -0.25) is 4.98 Å². The molecule has 0 saturated heterocycles. The summed E-state index contributed by atoms with van der Waals surface area (Å²) in [5.41, 5.74) is 0.993. The molecule has 0 bridgehead atoms. The molecule has 96 valence electrons. The van der Waals surface area contributed by atoms with Crippen molar-refractivity contribution in [3.05, 3.63) is 18.1 Å². The number of aromatic nitrogens is 2. The van der Waals surface area contributed by atoms with Gasteiger partial charge in [0.2, 0.25) is 0 Å². The third-order valence-corrected chi connectivity index (χ3v) is 2.92. The van der Waals surface area contributed by atoms with Crippen molar-refractivity contribution < 1.29 is 0 Å². The van der Waals surface area contributed by atoms with E-state index >= 15 is 0 Å². The van der Waals surface area contributed by atoms with Crippen LogP contribution < -0.4 is 10.2 Å². The van der Waals surface area contributed by atoms with Gasteiger partial charge in [-0.15, -0.1) is 0 Å². The number of hydrogen-bond donors (Lipinski definition) is 1. The van der Waals surface area contributed by atoms with Gasteiger partial charge in [-0.25, -0.2) is 4.98 Å². The summed E-state index contributed by atoms with van der Waals surface area (Å²) in [5, 5.41) is 3.24. The van der Waals surface area contributed by atoms with Crippen molar-refractivity contribution in [3.63, 3.8) is 0 Å². The zero-order valence-electron chi connectivity index (χ0n) is 11.4. The Kier molecular flexibility index (Phi) is 5.91. The van der Waals surface area contributed by atoms with Gasteiger partial charge in [-0.05, 0) is 12.5 Å². The minimum Gasteiger partial charge on any atom is -0.358 e. The van der Waals surface area contributed by atoms with Gasteiger partial charge in [0.15, 0.2) is 0 Å². The van der Waals surface area contributed by atoms with Crippen LogP contribution in [0.5, 0.6) is 0 Å². The molecule has 1 atom stereocenters. The van der Waals surface area contributed by atoms with Crippen LogP contribution >= 0.6 is 0 Å². The van der Waals surface area contributed by atoms with Crippen LogP contribution in [-0.4, -0.2) is 30.1 Å². The number of anilines is 1. The lowest BCUT2D eigenvalue weighted by Gasteiger charge is -2.21. The molecule has 1 rings (SSSR count). The zero-order valence-corrected chi connectivity index (χ0v) is 11.4. The number of rotatable bonds is 7. The van der Waals surface area contributed by atoms with E-state index in [0.717, 1.165) is 31.1 Å². The van der Waals surface area contributed by atoms with Crippen LogP contribution in [-0.2, 0) is 6.54 Å². The van der Waals surface area contributed by atoms with E-state index in [4.69, 9.17) is 0 Å². The molecule has 0 aliphatic carbocycles. The average Bonchev–Trinajstić information content (AvgIpc) is 2.36. The number of nitrogens with one attached hydrogen (secondary N) is 1. The number of nitrogens with zero attached hydrogens (tertiary/aromatic N) is 3. The predicted molar refractivity (Wildman–Crippen MR) is 72.1 cm³/mol. The van der Waals surface area contributed by atoms with Gasteiger partial charge in [0.1, 0.15) is 5.82 Å². The molecule has 0 spiro atoms. The third-order valence-electron chi connectivity index (χ3n) is 2.92. The van der Waals surface area contributed by atoms with Crippen molar-refractivity contribution >= 4 is 5.82 Å². The summed E-state index contributed by atoms with van der Waals surface area (Å²) in [6, 6.07) is 0. The summed E-state index contributed by atoms with van der Waals surface area (Å²) < 4.78 is 0. The van der Waals surface area contributed by atoms with Gasteiger partial charge in [-0.2, -0.15) is 0 Å². The monoisotopic (exact) mass is 236 g/mol. The van der Waals surface area contributed by atoms with E-state index in [1.54, 1.807) is 0 Å². The molecule has 0 amide bonds. The van der Waals surface area contributed by atoms with Gasteiger partial charge < -0.3 is 10.2 Å². The Morgan fingerprint density at radius 3 is 2.59 bits per heavy atom. The fourth-order valence-corrected chi connectivity index (χ4v) is 1.58. The van der Waals surface area contributed by atoms with E-state index in [2.05, 4.69) is 48.0 Å². The van der Waals surface area contributed by atoms with E-state index in [0.29, 0.717) is 5.92 Å². The molecule has 0 fully saturated rings. The highest BCUT2D eigenvalue weighted by molar-refractivity contribution is 5.34. The molecular weight excluding hydrogens is 212 g/mol. The van der Waals surface area contributed by atoms with E-state index in [-0.39, 0.29) is 0 Å². The smallest absolute Gasteiger partial charge is 0.146 e. The summed E-state index contributed by atoms with van der Waals surface area (Å²) in [6.45, 7) is 9.32. The van der Waals surface area contributed by atoms with Crippen molar-refractivity contribution in [1.29, 1.82) is 0 Å². The Bertz CT molecular complexity index is 310. The van der Waals surface area contributed by atoms with Crippen LogP contribution in [0.4, 0.5) is 5.82 Å². The first kappa shape index (κ1) is 13.9. The third kappa shape index (κ3) is 4.69. The average molecular weight is 236 g/mol. The van der Waals surface area contributed by atoms with E-state index < -0.39 is 0 Å². The Labute approximate surface area is 104 Å². The standard InChI is InChI=1S/C13H24N4/c1-5-11(3)10-17(4)13-9-15-12(8-16-13)7-14-6-2/h8-9,11,14H,5-7,10H2,1-4H3. The van der Waals surface area contributed by atoms with E-state index in [1.165, 1.54) is 6.42 Å². The zero-order chi connectivity index (χ0) is 12.7. The molecule has 1 heterocycles. The molecule has 0 aromatic carbocycles. The fraction of sp³-hybridized carbons (Fsp3) is 0.692. The van der Waals surface area contributed by atoms with Gasteiger partial charge in [-0.1, -0.05) is 27.2 Å². The molecule has 4 heteroatoms. The Balaban J connectivity index is 2.54. The van der Waals surface area contributed by atoms with Crippen molar-refractivity contribution in [2.24, 2.45) is 5.92 Å². The van der Waals surface area contributed by atoms with Gasteiger partial charge >= 0.3 is 0 Å². The first-order valence-electron chi connectivity index (χ1n) is 6.40. The first-order valence-corrected chi connectivity index (χ1v) is 6.40. The quantitative estimate of drug-likeness (QED) is 0.787. The second kappa shape index (κ2) is 7.22. The SMILES string of the molecule is CCNCc1cnc(N(C)CC(C)CC)cn1. The van der Waals surface area contributed by atoms with Crippen LogP contribution in [0.1, 0.15) is 32.9 Å². The van der Waals surface area contributed by atoms with Gasteiger partial charge in [0.25, 0.3) is 0 Å². The van der Waals surface area contributed by atoms with Crippen molar-refractivity contribution in [2.45, 2.75) is 33.7 Å². The minimum absolute atomic E-state index is 0.684. The van der Waals surface area contributed by atoms with Crippen molar-refractivity contribution in [2.75, 3.05) is 25.0 Å². The summed E-state index contributed by atoms with van der Waals surface area (Å²) in [7, 11) is 2.07. The summed E-state index contributed by atoms with van der Waals surface area (Å²) >= 11 is 0. The molecule has 17 heavy (non-hydrogen) atoms. The largest absolute Gasteiger partial charge is 0.358 e. The second-order valence-electron chi connectivity index (χ2n) is 4.54. The van der Waals surface area contributed by atoms with E-state index in [9.17, 15) is 0 Å². The maximum Gasteiger partial charge on any atom is 0.146 e. The normalized spacial score (nSPS) is 12.5. The molecule has 0 aliphatic heterocycles. The molecular formula is C13H24N4. The molecule has 1 unspecified atom stereocenters. The summed E-state index contributed by atoms with van der Waals surface area (Å²) in [6.07, 6.45) is 4.90. The topological polar surface area (TPSA) is 41.1 Å². The van der Waals surface area contributed by atoms with Crippen LogP contribution in [0.3, 0.4) is 0 Å². The van der Waals surface area contributed by atoms with Crippen LogP contribution in [0.25, 0.3) is 0 Å². The lowest BCUT2D eigenvalue weighted by atomic mass is 10.1. The molecule has 0 radical (unpaired) electrons. The van der Waals surface area contributed by atoms with Crippen molar-refractivity contribution in [3.8, 4) is 0 Å². The minimum atomic E-state index is 0.684. The van der Waals surface area contributed by atoms with Crippen LogP contribution in [0, 0.1) is 5.92 Å². The molecule has 1 N–H and O–H groups in total. The Hall–Kier alpha value is -1.16. The maximum atomic E-state index is 4.44. The first-order chi connectivity index (χ1) is 8.17.